The van der Waals surface area contributed by atoms with Crippen molar-refractivity contribution in [1.82, 2.24) is 9.97 Å². The van der Waals surface area contributed by atoms with Crippen molar-refractivity contribution in [2.24, 2.45) is 0 Å². The molecule has 0 fully saturated rings. The second-order valence-electron chi connectivity index (χ2n) is 4.03. The molecule has 0 spiro atoms. The summed E-state index contributed by atoms with van der Waals surface area (Å²) in [6.07, 6.45) is -0.229. The zero-order valence-corrected chi connectivity index (χ0v) is 12.0. The lowest BCUT2D eigenvalue weighted by Crippen LogP contribution is -2.27. The SMILES string of the molecule is CNc1nc(C)c([N+](=O)[O-])c(NCC(COC)OC)n1. The van der Waals surface area contributed by atoms with Gasteiger partial charge in [0.15, 0.2) is 0 Å². The van der Waals surface area contributed by atoms with Crippen LogP contribution in [0.25, 0.3) is 0 Å². The Morgan fingerprint density at radius 3 is 2.60 bits per heavy atom. The highest BCUT2D eigenvalue weighted by Crippen LogP contribution is 2.26. The van der Waals surface area contributed by atoms with E-state index in [-0.39, 0.29) is 23.3 Å². The highest BCUT2D eigenvalue weighted by Gasteiger charge is 2.22. The number of methoxy groups -OCH3 is 2. The number of aromatic nitrogens is 2. The second kappa shape index (κ2) is 7.56. The summed E-state index contributed by atoms with van der Waals surface area (Å²) >= 11 is 0. The molecule has 20 heavy (non-hydrogen) atoms. The van der Waals surface area contributed by atoms with E-state index in [1.165, 1.54) is 0 Å². The number of hydrogen-bond donors (Lipinski definition) is 2. The molecule has 1 atom stereocenters. The molecule has 1 unspecified atom stereocenters. The fourth-order valence-corrected chi connectivity index (χ4v) is 1.63. The van der Waals surface area contributed by atoms with Gasteiger partial charge in [-0.05, 0) is 6.92 Å². The van der Waals surface area contributed by atoms with Gasteiger partial charge in [0, 0.05) is 27.8 Å². The fourth-order valence-electron chi connectivity index (χ4n) is 1.63. The molecule has 0 saturated carbocycles. The van der Waals surface area contributed by atoms with Gasteiger partial charge in [0.05, 0.1) is 17.6 Å². The minimum absolute atomic E-state index is 0.142. The molecular weight excluding hydrogens is 266 g/mol. The average molecular weight is 285 g/mol. The molecule has 1 heterocycles. The van der Waals surface area contributed by atoms with E-state index in [1.54, 1.807) is 28.2 Å². The van der Waals surface area contributed by atoms with Crippen molar-refractivity contribution in [2.45, 2.75) is 13.0 Å². The van der Waals surface area contributed by atoms with Gasteiger partial charge in [0.1, 0.15) is 5.69 Å². The molecular formula is C11H19N5O4. The summed E-state index contributed by atoms with van der Waals surface area (Å²) in [4.78, 5) is 18.7. The maximum atomic E-state index is 11.1. The van der Waals surface area contributed by atoms with Gasteiger partial charge < -0.3 is 20.1 Å². The van der Waals surface area contributed by atoms with Gasteiger partial charge >= 0.3 is 5.69 Å². The molecule has 0 bridgehead atoms. The van der Waals surface area contributed by atoms with Crippen molar-refractivity contribution in [1.29, 1.82) is 0 Å². The maximum Gasteiger partial charge on any atom is 0.332 e. The monoisotopic (exact) mass is 285 g/mol. The van der Waals surface area contributed by atoms with Gasteiger partial charge in [0.25, 0.3) is 0 Å². The van der Waals surface area contributed by atoms with Crippen LogP contribution in [0.4, 0.5) is 17.5 Å². The van der Waals surface area contributed by atoms with Crippen LogP contribution in [-0.4, -0.2) is 55.4 Å². The molecule has 1 aromatic heterocycles. The maximum absolute atomic E-state index is 11.1. The quantitative estimate of drug-likeness (QED) is 0.533. The van der Waals surface area contributed by atoms with Gasteiger partial charge in [-0.15, -0.1) is 0 Å². The standard InChI is InChI=1S/C11H19N5O4/c1-7-9(16(17)18)10(15-11(12-2)14-7)13-5-8(20-4)6-19-3/h8H,5-6H2,1-4H3,(H2,12,13,14,15). The summed E-state index contributed by atoms with van der Waals surface area (Å²) in [6.45, 7) is 2.28. The predicted molar refractivity (Wildman–Crippen MR) is 74.1 cm³/mol. The van der Waals surface area contributed by atoms with Crippen molar-refractivity contribution in [3.63, 3.8) is 0 Å². The Morgan fingerprint density at radius 1 is 1.40 bits per heavy atom. The number of aryl methyl sites for hydroxylation is 1. The molecule has 9 nitrogen and oxygen atoms in total. The molecule has 9 heteroatoms. The van der Waals surface area contributed by atoms with Crippen LogP contribution in [-0.2, 0) is 9.47 Å². The van der Waals surface area contributed by atoms with Crippen molar-refractivity contribution in [2.75, 3.05) is 45.1 Å². The van der Waals surface area contributed by atoms with E-state index in [9.17, 15) is 10.1 Å². The first-order chi connectivity index (χ1) is 9.53. The van der Waals surface area contributed by atoms with E-state index in [0.29, 0.717) is 19.1 Å². The lowest BCUT2D eigenvalue weighted by atomic mass is 10.3. The van der Waals surface area contributed by atoms with Crippen LogP contribution in [0, 0.1) is 17.0 Å². The summed E-state index contributed by atoms with van der Waals surface area (Å²) in [7, 11) is 4.75. The summed E-state index contributed by atoms with van der Waals surface area (Å²) < 4.78 is 10.2. The van der Waals surface area contributed by atoms with Crippen LogP contribution >= 0.6 is 0 Å². The first-order valence-electron chi connectivity index (χ1n) is 5.99. The fraction of sp³-hybridized carbons (Fsp3) is 0.636. The first kappa shape index (κ1) is 16.1. The number of nitrogens with zero attached hydrogens (tertiary/aromatic N) is 3. The molecule has 0 saturated heterocycles. The van der Waals surface area contributed by atoms with Crippen molar-refractivity contribution in [3.8, 4) is 0 Å². The topological polar surface area (TPSA) is 111 Å². The van der Waals surface area contributed by atoms with Crippen molar-refractivity contribution >= 4 is 17.5 Å². The second-order valence-corrected chi connectivity index (χ2v) is 4.03. The Kier molecular flexibility index (Phi) is 6.07. The smallest absolute Gasteiger partial charge is 0.332 e. The summed E-state index contributed by atoms with van der Waals surface area (Å²) in [5.74, 6) is 0.473. The van der Waals surface area contributed by atoms with Crippen LogP contribution in [0.1, 0.15) is 5.69 Å². The van der Waals surface area contributed by atoms with Crippen LogP contribution in [0.5, 0.6) is 0 Å². The minimum atomic E-state index is -0.505. The van der Waals surface area contributed by atoms with Crippen LogP contribution in [0.15, 0.2) is 0 Å². The molecule has 0 radical (unpaired) electrons. The van der Waals surface area contributed by atoms with E-state index in [2.05, 4.69) is 20.6 Å². The Hall–Kier alpha value is -2.00. The summed E-state index contributed by atoms with van der Waals surface area (Å²) in [6, 6.07) is 0. The molecule has 2 N–H and O–H groups in total. The van der Waals surface area contributed by atoms with Crippen molar-refractivity contribution in [3.05, 3.63) is 15.8 Å². The Labute approximate surface area is 116 Å². The number of rotatable bonds is 8. The van der Waals surface area contributed by atoms with Gasteiger partial charge in [-0.25, -0.2) is 4.98 Å². The van der Waals surface area contributed by atoms with Gasteiger partial charge in [-0.3, -0.25) is 10.1 Å². The highest BCUT2D eigenvalue weighted by molar-refractivity contribution is 5.60. The molecule has 0 aliphatic heterocycles. The summed E-state index contributed by atoms with van der Waals surface area (Å²) in [5.41, 5.74) is 0.147. The average Bonchev–Trinajstić information content (AvgIpc) is 2.42. The lowest BCUT2D eigenvalue weighted by molar-refractivity contribution is -0.385. The molecule has 0 aliphatic rings. The molecule has 0 aromatic carbocycles. The molecule has 0 amide bonds. The summed E-state index contributed by atoms with van der Waals surface area (Å²) in [5, 5.41) is 16.8. The van der Waals surface area contributed by atoms with E-state index in [0.717, 1.165) is 0 Å². The predicted octanol–water partition coefficient (Wildman–Crippen LogP) is 0.808. The van der Waals surface area contributed by atoms with Crippen LogP contribution in [0.2, 0.25) is 0 Å². The number of hydrogen-bond acceptors (Lipinski definition) is 8. The normalized spacial score (nSPS) is 12.0. The highest BCUT2D eigenvalue weighted by atomic mass is 16.6. The molecule has 1 aromatic rings. The molecule has 1 rings (SSSR count). The van der Waals surface area contributed by atoms with E-state index in [4.69, 9.17) is 9.47 Å². The van der Waals surface area contributed by atoms with Gasteiger partial charge in [-0.2, -0.15) is 4.98 Å². The first-order valence-corrected chi connectivity index (χ1v) is 5.99. The number of nitrogens with one attached hydrogen (secondary N) is 2. The molecule has 0 aliphatic carbocycles. The third kappa shape index (κ3) is 4.00. The van der Waals surface area contributed by atoms with Crippen molar-refractivity contribution < 1.29 is 14.4 Å². The van der Waals surface area contributed by atoms with Gasteiger partial charge in [0.2, 0.25) is 11.8 Å². The van der Waals surface area contributed by atoms with Crippen LogP contribution in [0.3, 0.4) is 0 Å². The Bertz CT molecular complexity index is 468. The van der Waals surface area contributed by atoms with Gasteiger partial charge in [-0.1, -0.05) is 0 Å². The lowest BCUT2D eigenvalue weighted by Gasteiger charge is -2.16. The largest absolute Gasteiger partial charge is 0.382 e. The number of anilines is 2. The number of ether oxygens (including phenoxy) is 2. The Balaban J connectivity index is 2.96. The van der Waals surface area contributed by atoms with E-state index >= 15 is 0 Å². The Morgan fingerprint density at radius 2 is 2.10 bits per heavy atom. The third-order valence-corrected chi connectivity index (χ3v) is 2.65. The zero-order valence-electron chi connectivity index (χ0n) is 12.0. The number of nitro groups is 1. The molecule has 112 valence electrons. The van der Waals surface area contributed by atoms with E-state index in [1.807, 2.05) is 0 Å². The third-order valence-electron chi connectivity index (χ3n) is 2.65. The van der Waals surface area contributed by atoms with E-state index < -0.39 is 4.92 Å². The minimum Gasteiger partial charge on any atom is -0.382 e. The van der Waals surface area contributed by atoms with Crippen LogP contribution < -0.4 is 10.6 Å². The zero-order chi connectivity index (χ0) is 15.1.